The van der Waals surface area contributed by atoms with E-state index in [9.17, 15) is 9.59 Å². The third kappa shape index (κ3) is 6.59. The Labute approximate surface area is 173 Å². The van der Waals surface area contributed by atoms with Gasteiger partial charge in [-0.15, -0.1) is 0 Å². The van der Waals surface area contributed by atoms with E-state index in [0.29, 0.717) is 37.6 Å². The summed E-state index contributed by atoms with van der Waals surface area (Å²) < 4.78 is 5.33. The lowest BCUT2D eigenvalue weighted by molar-refractivity contribution is -0.134. The Morgan fingerprint density at radius 2 is 1.75 bits per heavy atom. The SMILES string of the molecule is CC(C)CC(NC(=O)OC(C)(C)C)C(=O)N1CCN(c2ccccc2Cl)CC1. The first kappa shape index (κ1) is 22.3. The number of nitrogens with one attached hydrogen (secondary N) is 1. The summed E-state index contributed by atoms with van der Waals surface area (Å²) >= 11 is 6.29. The molecule has 1 unspecified atom stereocenters. The van der Waals surface area contributed by atoms with Crippen molar-refractivity contribution in [1.29, 1.82) is 0 Å². The van der Waals surface area contributed by atoms with E-state index in [2.05, 4.69) is 10.2 Å². The summed E-state index contributed by atoms with van der Waals surface area (Å²) in [6.07, 6.45) is 0.0178. The second kappa shape index (κ2) is 9.50. The Hall–Kier alpha value is -1.95. The molecule has 156 valence electrons. The van der Waals surface area contributed by atoms with Crippen LogP contribution in [0.5, 0.6) is 0 Å². The van der Waals surface area contributed by atoms with Crippen molar-refractivity contribution in [3.8, 4) is 0 Å². The van der Waals surface area contributed by atoms with Crippen molar-refractivity contribution < 1.29 is 14.3 Å². The van der Waals surface area contributed by atoms with Gasteiger partial charge >= 0.3 is 6.09 Å². The lowest BCUT2D eigenvalue weighted by Gasteiger charge is -2.38. The average molecular weight is 410 g/mol. The van der Waals surface area contributed by atoms with E-state index < -0.39 is 17.7 Å². The number of benzene rings is 1. The molecule has 28 heavy (non-hydrogen) atoms. The van der Waals surface area contributed by atoms with Gasteiger partial charge in [0.1, 0.15) is 11.6 Å². The molecule has 2 amide bonds. The van der Waals surface area contributed by atoms with E-state index in [4.69, 9.17) is 16.3 Å². The number of anilines is 1. The van der Waals surface area contributed by atoms with Crippen LogP contribution in [0.15, 0.2) is 24.3 Å². The largest absolute Gasteiger partial charge is 0.444 e. The van der Waals surface area contributed by atoms with Crippen LogP contribution >= 0.6 is 11.6 Å². The van der Waals surface area contributed by atoms with Crippen LogP contribution in [0.25, 0.3) is 0 Å². The van der Waals surface area contributed by atoms with Crippen LogP contribution < -0.4 is 10.2 Å². The number of ether oxygens (including phenoxy) is 1. The number of rotatable bonds is 5. The van der Waals surface area contributed by atoms with Crippen molar-refractivity contribution in [2.45, 2.75) is 52.7 Å². The van der Waals surface area contributed by atoms with Crippen LogP contribution in [0.3, 0.4) is 0 Å². The summed E-state index contributed by atoms with van der Waals surface area (Å²) in [5.74, 6) is 0.215. The molecule has 1 saturated heterocycles. The van der Waals surface area contributed by atoms with E-state index in [1.165, 1.54) is 0 Å². The molecule has 7 heteroatoms. The van der Waals surface area contributed by atoms with Gasteiger partial charge in [-0.25, -0.2) is 4.79 Å². The van der Waals surface area contributed by atoms with Gasteiger partial charge in [-0.2, -0.15) is 0 Å². The highest BCUT2D eigenvalue weighted by Crippen LogP contribution is 2.26. The summed E-state index contributed by atoms with van der Waals surface area (Å²) in [6.45, 7) is 12.1. The van der Waals surface area contributed by atoms with Gasteiger partial charge in [-0.3, -0.25) is 4.79 Å². The minimum atomic E-state index is -0.601. The third-order valence-corrected chi connectivity index (χ3v) is 4.80. The summed E-state index contributed by atoms with van der Waals surface area (Å²) in [5, 5.41) is 3.48. The van der Waals surface area contributed by atoms with Crippen molar-refractivity contribution in [2.24, 2.45) is 5.92 Å². The molecule has 1 aromatic carbocycles. The number of carbonyl (C=O) groups is 2. The number of nitrogens with zero attached hydrogens (tertiary/aromatic N) is 2. The highest BCUT2D eigenvalue weighted by atomic mass is 35.5. The number of para-hydroxylation sites is 1. The highest BCUT2D eigenvalue weighted by Gasteiger charge is 2.30. The maximum absolute atomic E-state index is 13.1. The summed E-state index contributed by atoms with van der Waals surface area (Å²) in [6, 6.07) is 7.15. The second-order valence-electron chi connectivity index (χ2n) is 8.59. The molecule has 1 N–H and O–H groups in total. The monoisotopic (exact) mass is 409 g/mol. The second-order valence-corrected chi connectivity index (χ2v) is 9.00. The smallest absolute Gasteiger partial charge is 0.408 e. The van der Waals surface area contributed by atoms with E-state index in [-0.39, 0.29) is 11.8 Å². The summed E-state index contributed by atoms with van der Waals surface area (Å²) in [5.41, 5.74) is 0.387. The standard InChI is InChI=1S/C21H32ClN3O3/c1-15(2)14-17(23-20(27)28-21(3,4)5)19(26)25-12-10-24(11-13-25)18-9-7-6-8-16(18)22/h6-9,15,17H,10-14H2,1-5H3,(H,23,27). The first-order chi connectivity index (χ1) is 13.1. The Bertz CT molecular complexity index is 680. The number of alkyl carbamates (subject to hydrolysis) is 1. The number of amides is 2. The van der Waals surface area contributed by atoms with Crippen molar-refractivity contribution in [1.82, 2.24) is 10.2 Å². The molecule has 0 radical (unpaired) electrons. The highest BCUT2D eigenvalue weighted by molar-refractivity contribution is 6.33. The molecule has 0 saturated carbocycles. The van der Waals surface area contributed by atoms with Crippen molar-refractivity contribution in [3.63, 3.8) is 0 Å². The Balaban J connectivity index is 1.99. The van der Waals surface area contributed by atoms with Crippen LogP contribution in [0, 0.1) is 5.92 Å². The van der Waals surface area contributed by atoms with Gasteiger partial charge in [-0.05, 0) is 45.2 Å². The normalized spacial score (nSPS) is 16.1. The Morgan fingerprint density at radius 1 is 1.14 bits per heavy atom. The zero-order valence-electron chi connectivity index (χ0n) is 17.5. The molecule has 1 aromatic rings. The van der Waals surface area contributed by atoms with Crippen LogP contribution in [0.2, 0.25) is 5.02 Å². The molecule has 1 aliphatic heterocycles. The van der Waals surface area contributed by atoms with Crippen LogP contribution in [-0.2, 0) is 9.53 Å². The van der Waals surface area contributed by atoms with Crippen LogP contribution in [-0.4, -0.2) is 54.7 Å². The molecule has 6 nitrogen and oxygen atoms in total. The van der Waals surface area contributed by atoms with Gasteiger partial charge in [0.05, 0.1) is 10.7 Å². The van der Waals surface area contributed by atoms with Crippen molar-refractivity contribution in [3.05, 3.63) is 29.3 Å². The van der Waals surface area contributed by atoms with Gasteiger partial charge in [0, 0.05) is 26.2 Å². The zero-order valence-corrected chi connectivity index (χ0v) is 18.3. The molecule has 1 fully saturated rings. The first-order valence-electron chi connectivity index (χ1n) is 9.84. The van der Waals surface area contributed by atoms with Crippen molar-refractivity contribution in [2.75, 3.05) is 31.1 Å². The fraction of sp³-hybridized carbons (Fsp3) is 0.619. The van der Waals surface area contributed by atoms with Crippen molar-refractivity contribution >= 4 is 29.3 Å². The number of halogens is 1. The fourth-order valence-electron chi connectivity index (χ4n) is 3.24. The van der Waals surface area contributed by atoms with Gasteiger partial charge in [0.25, 0.3) is 0 Å². The first-order valence-corrected chi connectivity index (χ1v) is 10.2. The molecule has 1 aliphatic rings. The number of hydrogen-bond donors (Lipinski definition) is 1. The minimum Gasteiger partial charge on any atom is -0.444 e. The maximum Gasteiger partial charge on any atom is 0.408 e. The predicted octanol–water partition coefficient (Wildman–Crippen LogP) is 3.93. The van der Waals surface area contributed by atoms with Gasteiger partial charge in [0.15, 0.2) is 0 Å². The lowest BCUT2D eigenvalue weighted by Crippen LogP contribution is -2.55. The van der Waals surface area contributed by atoms with Gasteiger partial charge in [-0.1, -0.05) is 37.6 Å². The number of hydrogen-bond acceptors (Lipinski definition) is 4. The fourth-order valence-corrected chi connectivity index (χ4v) is 3.49. The molecule has 1 heterocycles. The summed E-state index contributed by atoms with van der Waals surface area (Å²) in [4.78, 5) is 29.2. The quantitative estimate of drug-likeness (QED) is 0.800. The molecule has 0 spiro atoms. The van der Waals surface area contributed by atoms with E-state index >= 15 is 0 Å². The molecule has 2 rings (SSSR count). The number of piperazine rings is 1. The molecular formula is C21H32ClN3O3. The minimum absolute atomic E-state index is 0.0571. The average Bonchev–Trinajstić information content (AvgIpc) is 2.59. The van der Waals surface area contributed by atoms with E-state index in [1.807, 2.05) is 43.0 Å². The Kier molecular flexibility index (Phi) is 7.58. The third-order valence-electron chi connectivity index (χ3n) is 4.48. The molecule has 1 atom stereocenters. The van der Waals surface area contributed by atoms with E-state index in [1.54, 1.807) is 20.8 Å². The Morgan fingerprint density at radius 3 is 2.29 bits per heavy atom. The summed E-state index contributed by atoms with van der Waals surface area (Å²) in [7, 11) is 0. The molecule has 0 aromatic heterocycles. The molecular weight excluding hydrogens is 378 g/mol. The molecule has 0 bridgehead atoms. The van der Waals surface area contributed by atoms with Gasteiger partial charge in [0.2, 0.25) is 5.91 Å². The van der Waals surface area contributed by atoms with Crippen LogP contribution in [0.4, 0.5) is 10.5 Å². The van der Waals surface area contributed by atoms with E-state index in [0.717, 1.165) is 5.69 Å². The van der Waals surface area contributed by atoms with Gasteiger partial charge < -0.3 is 19.9 Å². The lowest BCUT2D eigenvalue weighted by atomic mass is 10.0. The topological polar surface area (TPSA) is 61.9 Å². The maximum atomic E-state index is 13.1. The zero-order chi connectivity index (χ0) is 20.9. The molecule has 0 aliphatic carbocycles. The van der Waals surface area contributed by atoms with Crippen LogP contribution in [0.1, 0.15) is 41.0 Å². The number of carbonyl (C=O) groups excluding carboxylic acids is 2. The predicted molar refractivity (Wildman–Crippen MR) is 113 cm³/mol.